The van der Waals surface area contributed by atoms with Crippen LogP contribution in [0.3, 0.4) is 0 Å². The minimum absolute atomic E-state index is 0.0308. The van der Waals surface area contributed by atoms with Gasteiger partial charge in [0.1, 0.15) is 0 Å². The van der Waals surface area contributed by atoms with Gasteiger partial charge in [0.15, 0.2) is 6.54 Å². The number of aryl methyl sites for hydroxylation is 1. The van der Waals surface area contributed by atoms with Gasteiger partial charge in [0.05, 0.1) is 31.1 Å². The van der Waals surface area contributed by atoms with Crippen LogP contribution in [0.15, 0.2) is 47.4 Å². The highest BCUT2D eigenvalue weighted by Crippen LogP contribution is 2.27. The number of carbonyl (C=O) groups is 1. The summed E-state index contributed by atoms with van der Waals surface area (Å²) in [5.74, 6) is 0.652. The number of rotatable bonds is 7. The zero-order valence-electron chi connectivity index (χ0n) is 19.8. The van der Waals surface area contributed by atoms with Gasteiger partial charge in [-0.1, -0.05) is 58.0 Å². The zero-order valence-corrected chi connectivity index (χ0v) is 20.6. The summed E-state index contributed by atoms with van der Waals surface area (Å²) in [5.41, 5.74) is 4.21. The van der Waals surface area contributed by atoms with Crippen molar-refractivity contribution in [3.63, 3.8) is 0 Å². The number of hydrogen-bond acceptors (Lipinski definition) is 3. The molecule has 32 heavy (non-hydrogen) atoms. The van der Waals surface area contributed by atoms with Crippen molar-refractivity contribution >= 4 is 21.6 Å². The number of piperazine rings is 1. The smallest absolute Gasteiger partial charge is 0.279 e. The number of quaternary nitrogens is 1. The molecule has 0 saturated carbocycles. The Labute approximate surface area is 192 Å². The van der Waals surface area contributed by atoms with E-state index in [4.69, 9.17) is 0 Å². The summed E-state index contributed by atoms with van der Waals surface area (Å²) in [6.07, 6.45) is 0. The molecule has 1 aliphatic heterocycles. The summed E-state index contributed by atoms with van der Waals surface area (Å²) >= 11 is 0. The minimum atomic E-state index is -3.51. The van der Waals surface area contributed by atoms with Crippen LogP contribution in [0.2, 0.25) is 0 Å². The molecule has 0 atom stereocenters. The van der Waals surface area contributed by atoms with E-state index in [0.717, 1.165) is 27.3 Å². The highest BCUT2D eigenvalue weighted by Gasteiger charge is 2.31. The number of sulfonamides is 1. The fraction of sp³-hybridized carbons (Fsp3) is 0.480. The Morgan fingerprint density at radius 1 is 1.00 bits per heavy atom. The number of hydrogen-bond donors (Lipinski definition) is 2. The molecule has 3 rings (SSSR count). The van der Waals surface area contributed by atoms with E-state index in [-0.39, 0.29) is 5.91 Å². The van der Waals surface area contributed by atoms with Crippen molar-refractivity contribution in [1.29, 1.82) is 0 Å². The van der Waals surface area contributed by atoms with Crippen molar-refractivity contribution in [1.82, 2.24) is 4.31 Å². The number of benzene rings is 2. The lowest BCUT2D eigenvalue weighted by molar-refractivity contribution is -0.895. The van der Waals surface area contributed by atoms with E-state index in [1.165, 1.54) is 4.31 Å². The lowest BCUT2D eigenvalue weighted by Gasteiger charge is -2.31. The van der Waals surface area contributed by atoms with Gasteiger partial charge in [-0.05, 0) is 47.6 Å². The van der Waals surface area contributed by atoms with E-state index in [0.29, 0.717) is 49.5 Å². The highest BCUT2D eigenvalue weighted by molar-refractivity contribution is 7.89. The number of carbonyl (C=O) groups excluding carboxylic acids is 1. The average Bonchev–Trinajstić information content (AvgIpc) is 2.75. The predicted molar refractivity (Wildman–Crippen MR) is 129 cm³/mol. The van der Waals surface area contributed by atoms with Crippen molar-refractivity contribution in [3.8, 4) is 0 Å². The maximum Gasteiger partial charge on any atom is 0.279 e. The Balaban J connectivity index is 1.58. The Kier molecular flexibility index (Phi) is 7.75. The molecule has 1 aliphatic rings. The van der Waals surface area contributed by atoms with E-state index < -0.39 is 10.0 Å². The Bertz CT molecular complexity index is 1040. The maximum atomic E-state index is 13.0. The SMILES string of the molecule is Cc1cccc(C(C)C)c1NC(=O)C[NH+]1CCN(S(=O)(=O)c2ccc(C(C)C)cc2)CC1. The van der Waals surface area contributed by atoms with Gasteiger partial charge in [-0.15, -0.1) is 0 Å². The van der Waals surface area contributed by atoms with Crippen LogP contribution >= 0.6 is 0 Å². The Morgan fingerprint density at radius 2 is 1.62 bits per heavy atom. The molecular weight excluding hydrogens is 422 g/mol. The van der Waals surface area contributed by atoms with Crippen LogP contribution < -0.4 is 10.2 Å². The fourth-order valence-electron chi connectivity index (χ4n) is 4.15. The summed E-state index contributed by atoms with van der Waals surface area (Å²) in [7, 11) is -3.51. The number of nitrogens with one attached hydrogen (secondary N) is 2. The van der Waals surface area contributed by atoms with Gasteiger partial charge in [-0.25, -0.2) is 8.42 Å². The first kappa shape index (κ1) is 24.4. The molecule has 1 saturated heterocycles. The zero-order chi connectivity index (χ0) is 23.5. The van der Waals surface area contributed by atoms with Crippen LogP contribution in [0, 0.1) is 6.92 Å². The summed E-state index contributed by atoms with van der Waals surface area (Å²) in [6, 6.07) is 13.3. The molecule has 0 aromatic heterocycles. The lowest BCUT2D eigenvalue weighted by Crippen LogP contribution is -3.15. The van der Waals surface area contributed by atoms with Crippen molar-refractivity contribution in [2.75, 3.05) is 38.0 Å². The Morgan fingerprint density at radius 3 is 2.19 bits per heavy atom. The molecule has 0 bridgehead atoms. The molecule has 2 aromatic rings. The van der Waals surface area contributed by atoms with Crippen LogP contribution in [0.5, 0.6) is 0 Å². The van der Waals surface area contributed by atoms with Gasteiger partial charge < -0.3 is 10.2 Å². The van der Waals surface area contributed by atoms with Gasteiger partial charge in [-0.2, -0.15) is 4.31 Å². The molecule has 0 aliphatic carbocycles. The quantitative estimate of drug-likeness (QED) is 0.670. The summed E-state index contributed by atoms with van der Waals surface area (Å²) < 4.78 is 27.6. The fourth-order valence-corrected chi connectivity index (χ4v) is 5.59. The topological polar surface area (TPSA) is 70.9 Å². The van der Waals surface area contributed by atoms with Gasteiger partial charge >= 0.3 is 0 Å². The predicted octanol–water partition coefficient (Wildman–Crippen LogP) is 2.77. The molecule has 1 heterocycles. The van der Waals surface area contributed by atoms with Gasteiger partial charge in [0.25, 0.3) is 5.91 Å². The summed E-state index contributed by atoms with van der Waals surface area (Å²) in [4.78, 5) is 14.2. The van der Waals surface area contributed by atoms with Gasteiger partial charge in [0.2, 0.25) is 10.0 Å². The first-order valence-electron chi connectivity index (χ1n) is 11.4. The number of amides is 1. The van der Waals surface area contributed by atoms with E-state index in [9.17, 15) is 13.2 Å². The first-order chi connectivity index (χ1) is 15.1. The normalized spacial score (nSPS) is 16.0. The van der Waals surface area contributed by atoms with E-state index >= 15 is 0 Å². The number of anilines is 1. The van der Waals surface area contributed by atoms with E-state index in [2.05, 4.69) is 39.1 Å². The second kappa shape index (κ2) is 10.1. The van der Waals surface area contributed by atoms with Crippen molar-refractivity contribution < 1.29 is 18.1 Å². The molecule has 0 radical (unpaired) electrons. The third kappa shape index (κ3) is 5.57. The molecule has 174 valence electrons. The van der Waals surface area contributed by atoms with Crippen LogP contribution in [0.1, 0.15) is 56.2 Å². The maximum absolute atomic E-state index is 13.0. The number of nitrogens with zero attached hydrogens (tertiary/aromatic N) is 1. The van der Waals surface area contributed by atoms with Crippen molar-refractivity contribution in [2.24, 2.45) is 0 Å². The molecular formula is C25H36N3O3S+. The molecule has 7 heteroatoms. The lowest BCUT2D eigenvalue weighted by atomic mass is 9.98. The molecule has 2 N–H and O–H groups in total. The molecule has 6 nitrogen and oxygen atoms in total. The standard InChI is InChI=1S/C25H35N3O3S/c1-18(2)21-9-11-22(12-10-21)32(30,31)28-15-13-27(14-16-28)17-24(29)26-25-20(5)7-6-8-23(25)19(3)4/h6-12,18-19H,13-17H2,1-5H3,(H,26,29)/p+1. The first-order valence-corrected chi connectivity index (χ1v) is 12.9. The molecule has 0 unspecified atom stereocenters. The van der Waals surface area contributed by atoms with Crippen LogP contribution in [-0.4, -0.2) is 51.4 Å². The largest absolute Gasteiger partial charge is 0.325 e. The van der Waals surface area contributed by atoms with E-state index in [1.54, 1.807) is 12.1 Å². The summed E-state index contributed by atoms with van der Waals surface area (Å²) in [5, 5.41) is 3.10. The van der Waals surface area contributed by atoms with Crippen molar-refractivity contribution in [2.45, 2.75) is 51.3 Å². The molecule has 1 fully saturated rings. The van der Waals surface area contributed by atoms with Crippen molar-refractivity contribution in [3.05, 3.63) is 59.2 Å². The average molecular weight is 459 g/mol. The van der Waals surface area contributed by atoms with Gasteiger partial charge in [0, 0.05) is 5.69 Å². The second-order valence-electron chi connectivity index (χ2n) is 9.30. The van der Waals surface area contributed by atoms with Crippen LogP contribution in [0.25, 0.3) is 0 Å². The van der Waals surface area contributed by atoms with E-state index in [1.807, 2.05) is 31.2 Å². The molecule has 2 aromatic carbocycles. The molecule has 0 spiro atoms. The monoisotopic (exact) mass is 458 g/mol. The highest BCUT2D eigenvalue weighted by atomic mass is 32.2. The van der Waals surface area contributed by atoms with Gasteiger partial charge in [-0.3, -0.25) is 4.79 Å². The minimum Gasteiger partial charge on any atom is -0.325 e. The number of para-hydroxylation sites is 1. The van der Waals surface area contributed by atoms with Crippen LogP contribution in [-0.2, 0) is 14.8 Å². The third-order valence-corrected chi connectivity index (χ3v) is 8.13. The van der Waals surface area contributed by atoms with Crippen LogP contribution in [0.4, 0.5) is 5.69 Å². The Hall–Kier alpha value is -2.22. The third-order valence-electron chi connectivity index (χ3n) is 6.22. The summed E-state index contributed by atoms with van der Waals surface area (Å²) in [6.45, 7) is 12.8. The molecule has 1 amide bonds. The second-order valence-corrected chi connectivity index (χ2v) is 11.2.